The summed E-state index contributed by atoms with van der Waals surface area (Å²) in [5.41, 5.74) is 10.6. The Hall–Kier alpha value is -2.03. The minimum absolute atomic E-state index is 0.730. The molecule has 0 saturated carbocycles. The summed E-state index contributed by atoms with van der Waals surface area (Å²) in [6, 6.07) is 9.71. The summed E-state index contributed by atoms with van der Waals surface area (Å²) in [4.78, 5) is 4.37. The zero-order valence-electron chi connectivity index (χ0n) is 10.3. The van der Waals surface area contributed by atoms with Gasteiger partial charge in [-0.2, -0.15) is 0 Å². The van der Waals surface area contributed by atoms with Crippen molar-refractivity contribution in [2.75, 3.05) is 12.8 Å². The smallest absolute Gasteiger partial charge is 0.126 e. The first-order valence-corrected chi connectivity index (χ1v) is 5.49. The van der Waals surface area contributed by atoms with Crippen LogP contribution in [0, 0.1) is 13.8 Å². The second kappa shape index (κ2) is 4.45. The van der Waals surface area contributed by atoms with Crippen molar-refractivity contribution in [3.05, 3.63) is 41.7 Å². The lowest BCUT2D eigenvalue weighted by Crippen LogP contribution is -1.93. The number of nitrogen functional groups attached to an aromatic ring is 1. The highest BCUT2D eigenvalue weighted by Crippen LogP contribution is 2.32. The van der Waals surface area contributed by atoms with Gasteiger partial charge in [-0.05, 0) is 49.7 Å². The SMILES string of the molecule is COc1ccc(N)cc1-c1cc(C)nc(C)c1. The molecule has 0 aliphatic heterocycles. The number of nitrogens with zero attached hydrogens (tertiary/aromatic N) is 1. The molecule has 3 heteroatoms. The van der Waals surface area contributed by atoms with E-state index >= 15 is 0 Å². The van der Waals surface area contributed by atoms with Crippen LogP contribution in [0.1, 0.15) is 11.4 Å². The summed E-state index contributed by atoms with van der Waals surface area (Å²) < 4.78 is 5.36. The number of methoxy groups -OCH3 is 1. The lowest BCUT2D eigenvalue weighted by atomic mass is 10.0. The molecule has 0 atom stereocenters. The Bertz CT molecular complexity index is 530. The molecule has 0 spiro atoms. The van der Waals surface area contributed by atoms with Gasteiger partial charge in [-0.25, -0.2) is 0 Å². The van der Waals surface area contributed by atoms with Crippen LogP contribution >= 0.6 is 0 Å². The summed E-state index contributed by atoms with van der Waals surface area (Å²) in [6.45, 7) is 3.96. The van der Waals surface area contributed by atoms with E-state index in [2.05, 4.69) is 4.98 Å². The molecular formula is C14H16N2O. The van der Waals surface area contributed by atoms with Gasteiger partial charge < -0.3 is 10.5 Å². The van der Waals surface area contributed by atoms with E-state index in [1.54, 1.807) is 7.11 Å². The molecule has 0 fully saturated rings. The number of hydrogen-bond acceptors (Lipinski definition) is 3. The van der Waals surface area contributed by atoms with Crippen LogP contribution in [0.4, 0.5) is 5.69 Å². The van der Waals surface area contributed by atoms with E-state index in [-0.39, 0.29) is 0 Å². The molecule has 0 amide bonds. The first kappa shape index (κ1) is 11.5. The number of ether oxygens (including phenoxy) is 1. The van der Waals surface area contributed by atoms with Gasteiger partial charge in [-0.3, -0.25) is 4.98 Å². The molecule has 1 aromatic heterocycles. The lowest BCUT2D eigenvalue weighted by Gasteiger charge is -2.10. The van der Waals surface area contributed by atoms with Crippen LogP contribution in [0.5, 0.6) is 5.75 Å². The molecule has 2 aromatic rings. The molecule has 0 aliphatic carbocycles. The Balaban J connectivity index is 2.62. The molecule has 0 bridgehead atoms. The minimum Gasteiger partial charge on any atom is -0.496 e. The van der Waals surface area contributed by atoms with Crippen LogP contribution in [-0.2, 0) is 0 Å². The average Bonchev–Trinajstić information content (AvgIpc) is 2.27. The maximum Gasteiger partial charge on any atom is 0.126 e. The molecule has 0 unspecified atom stereocenters. The third-order valence-electron chi connectivity index (χ3n) is 2.62. The Morgan fingerprint density at radius 3 is 2.29 bits per heavy atom. The monoisotopic (exact) mass is 228 g/mol. The molecule has 3 nitrogen and oxygen atoms in total. The van der Waals surface area contributed by atoms with Crippen molar-refractivity contribution < 1.29 is 4.74 Å². The van der Waals surface area contributed by atoms with E-state index in [9.17, 15) is 0 Å². The predicted molar refractivity (Wildman–Crippen MR) is 70.1 cm³/mol. The fourth-order valence-electron chi connectivity index (χ4n) is 1.94. The van der Waals surface area contributed by atoms with Crippen LogP contribution in [0.3, 0.4) is 0 Å². The largest absolute Gasteiger partial charge is 0.496 e. The maximum atomic E-state index is 5.82. The number of rotatable bonds is 2. The van der Waals surface area contributed by atoms with Gasteiger partial charge in [0, 0.05) is 22.6 Å². The number of benzene rings is 1. The Labute approximate surface area is 101 Å². The van der Waals surface area contributed by atoms with Crippen molar-refractivity contribution in [2.45, 2.75) is 13.8 Å². The number of nitrogens with two attached hydrogens (primary N) is 1. The third kappa shape index (κ3) is 2.38. The number of hydrogen-bond donors (Lipinski definition) is 1. The van der Waals surface area contributed by atoms with E-state index in [0.717, 1.165) is 34.0 Å². The zero-order valence-corrected chi connectivity index (χ0v) is 10.3. The normalized spacial score (nSPS) is 10.3. The summed E-state index contributed by atoms with van der Waals surface area (Å²) in [5.74, 6) is 0.823. The van der Waals surface area contributed by atoms with E-state index in [1.807, 2.05) is 44.2 Å². The summed E-state index contributed by atoms with van der Waals surface area (Å²) >= 11 is 0. The summed E-state index contributed by atoms with van der Waals surface area (Å²) in [5, 5.41) is 0. The highest BCUT2D eigenvalue weighted by molar-refractivity contribution is 5.74. The van der Waals surface area contributed by atoms with Gasteiger partial charge >= 0.3 is 0 Å². The molecule has 2 rings (SSSR count). The first-order chi connectivity index (χ1) is 8.10. The third-order valence-corrected chi connectivity index (χ3v) is 2.62. The average molecular weight is 228 g/mol. The molecule has 88 valence electrons. The summed E-state index contributed by atoms with van der Waals surface area (Å²) in [6.07, 6.45) is 0. The van der Waals surface area contributed by atoms with E-state index < -0.39 is 0 Å². The topological polar surface area (TPSA) is 48.1 Å². The zero-order chi connectivity index (χ0) is 12.4. The predicted octanol–water partition coefficient (Wildman–Crippen LogP) is 2.96. The van der Waals surface area contributed by atoms with Crippen molar-refractivity contribution >= 4 is 5.69 Å². The van der Waals surface area contributed by atoms with Crippen LogP contribution < -0.4 is 10.5 Å². The molecular weight excluding hydrogens is 212 g/mol. The van der Waals surface area contributed by atoms with Crippen LogP contribution in [-0.4, -0.2) is 12.1 Å². The molecule has 2 N–H and O–H groups in total. The first-order valence-electron chi connectivity index (χ1n) is 5.49. The van der Waals surface area contributed by atoms with E-state index in [4.69, 9.17) is 10.5 Å². The van der Waals surface area contributed by atoms with Crippen LogP contribution in [0.25, 0.3) is 11.1 Å². The molecule has 1 heterocycles. The fourth-order valence-corrected chi connectivity index (χ4v) is 1.94. The number of pyridine rings is 1. The number of aromatic nitrogens is 1. The standard InChI is InChI=1S/C14H16N2O/c1-9-6-11(7-10(2)16-9)13-8-12(15)4-5-14(13)17-3/h4-8H,15H2,1-3H3. The van der Waals surface area contributed by atoms with Crippen molar-refractivity contribution in [3.8, 4) is 16.9 Å². The van der Waals surface area contributed by atoms with Gasteiger partial charge in [0.05, 0.1) is 7.11 Å². The summed E-state index contributed by atoms with van der Waals surface area (Å²) in [7, 11) is 1.66. The second-order valence-corrected chi connectivity index (χ2v) is 4.10. The maximum absolute atomic E-state index is 5.82. The lowest BCUT2D eigenvalue weighted by molar-refractivity contribution is 0.416. The van der Waals surface area contributed by atoms with Gasteiger partial charge in [0.15, 0.2) is 0 Å². The molecule has 0 aliphatic rings. The van der Waals surface area contributed by atoms with Crippen molar-refractivity contribution in [1.82, 2.24) is 4.98 Å². The quantitative estimate of drug-likeness (QED) is 0.804. The highest BCUT2D eigenvalue weighted by atomic mass is 16.5. The van der Waals surface area contributed by atoms with Gasteiger partial charge in [-0.1, -0.05) is 0 Å². The second-order valence-electron chi connectivity index (χ2n) is 4.10. The van der Waals surface area contributed by atoms with E-state index in [0.29, 0.717) is 0 Å². The molecule has 17 heavy (non-hydrogen) atoms. The van der Waals surface area contributed by atoms with Crippen molar-refractivity contribution in [2.24, 2.45) is 0 Å². The Kier molecular flexibility index (Phi) is 3.00. The fraction of sp³-hybridized carbons (Fsp3) is 0.214. The van der Waals surface area contributed by atoms with Gasteiger partial charge in [0.25, 0.3) is 0 Å². The van der Waals surface area contributed by atoms with E-state index in [1.165, 1.54) is 0 Å². The molecule has 0 radical (unpaired) electrons. The molecule has 1 aromatic carbocycles. The van der Waals surface area contributed by atoms with Gasteiger partial charge in [0.1, 0.15) is 5.75 Å². The highest BCUT2D eigenvalue weighted by Gasteiger charge is 2.07. The van der Waals surface area contributed by atoms with Crippen LogP contribution in [0.2, 0.25) is 0 Å². The number of aryl methyl sites for hydroxylation is 2. The van der Waals surface area contributed by atoms with Gasteiger partial charge in [0.2, 0.25) is 0 Å². The van der Waals surface area contributed by atoms with Crippen molar-refractivity contribution in [1.29, 1.82) is 0 Å². The van der Waals surface area contributed by atoms with Crippen molar-refractivity contribution in [3.63, 3.8) is 0 Å². The Morgan fingerprint density at radius 2 is 1.71 bits per heavy atom. The number of anilines is 1. The molecule has 0 saturated heterocycles. The Morgan fingerprint density at radius 1 is 1.06 bits per heavy atom. The van der Waals surface area contributed by atoms with Crippen LogP contribution in [0.15, 0.2) is 30.3 Å². The minimum atomic E-state index is 0.730. The van der Waals surface area contributed by atoms with Gasteiger partial charge in [-0.15, -0.1) is 0 Å².